The second-order valence-electron chi connectivity index (χ2n) is 13.6. The molecule has 262 valence electrons. The number of nitrogens with zero attached hydrogens (tertiary/aromatic N) is 1. The molecule has 0 N–H and O–H groups in total. The lowest BCUT2D eigenvalue weighted by Crippen LogP contribution is -2.10. The standard InChI is InChI=1S/C54H35NO/c1-4-15-45-38(10-1)13-7-18-47(45)41-24-22-36(23-25-41)37-26-31-43(32-27-37)55(44-33-28-42(29-34-44)48-19-8-14-39-11-2-5-16-46(39)48)51-20-9-21-52-53(51)50-35-30-40-12-3-6-17-49(40)54(50)56-52/h1-35H/i2D,5D,8D,11D,14D,16D,19D,28D,29D,33D,34D. The lowest BCUT2D eigenvalue weighted by atomic mass is 9.96. The molecule has 10 aromatic carbocycles. The second kappa shape index (κ2) is 13.2. The summed E-state index contributed by atoms with van der Waals surface area (Å²) in [6.07, 6.45) is 0. The predicted molar refractivity (Wildman–Crippen MR) is 237 cm³/mol. The molecular formula is C54H35NO. The Morgan fingerprint density at radius 1 is 0.375 bits per heavy atom. The summed E-state index contributed by atoms with van der Waals surface area (Å²) in [6.45, 7) is 0. The predicted octanol–water partition coefficient (Wildman–Crippen LogP) is 15.5. The van der Waals surface area contributed by atoms with Gasteiger partial charge in [-0.05, 0) is 103 Å². The summed E-state index contributed by atoms with van der Waals surface area (Å²) >= 11 is 0. The molecule has 0 amide bonds. The van der Waals surface area contributed by atoms with Crippen molar-refractivity contribution in [2.45, 2.75) is 0 Å². The van der Waals surface area contributed by atoms with Crippen LogP contribution in [0.25, 0.3) is 87.6 Å². The van der Waals surface area contributed by atoms with E-state index in [-0.39, 0.29) is 22.0 Å². The van der Waals surface area contributed by atoms with Gasteiger partial charge in [-0.15, -0.1) is 0 Å². The van der Waals surface area contributed by atoms with Crippen LogP contribution in [0.1, 0.15) is 15.1 Å². The number of hydrogen-bond donors (Lipinski definition) is 0. The van der Waals surface area contributed by atoms with Crippen LogP contribution in [0.15, 0.2) is 216 Å². The first-order valence-corrected chi connectivity index (χ1v) is 18.3. The molecule has 56 heavy (non-hydrogen) atoms. The maximum absolute atomic E-state index is 9.71. The van der Waals surface area contributed by atoms with Crippen LogP contribution in [0.5, 0.6) is 0 Å². The molecule has 1 heterocycles. The number of rotatable bonds is 6. The van der Waals surface area contributed by atoms with Gasteiger partial charge >= 0.3 is 0 Å². The minimum Gasteiger partial charge on any atom is -0.455 e. The molecular weight excluding hydrogens is 679 g/mol. The molecule has 2 nitrogen and oxygen atoms in total. The average molecular weight is 725 g/mol. The van der Waals surface area contributed by atoms with Crippen LogP contribution in [-0.2, 0) is 0 Å². The Hall–Kier alpha value is -7.42. The molecule has 0 aliphatic rings. The third-order valence-electron chi connectivity index (χ3n) is 10.4. The normalized spacial score (nSPS) is 14.3. The SMILES string of the molecule is [2H]c1c([2H])c(N(c2ccc(-c3ccc(-c4cccc5ccccc45)cc3)cc2)c2cccc3oc4c5ccccc5ccc4c23)c([2H])c([2H])c1-c1c([2H])c([2H])c([2H])c2c([2H])c([2H])c([2H])c([2H])c12. The van der Waals surface area contributed by atoms with Crippen molar-refractivity contribution in [2.75, 3.05) is 4.90 Å². The van der Waals surface area contributed by atoms with Crippen molar-refractivity contribution in [3.05, 3.63) is 212 Å². The van der Waals surface area contributed by atoms with Crippen LogP contribution < -0.4 is 4.90 Å². The molecule has 11 aromatic rings. The van der Waals surface area contributed by atoms with E-state index >= 15 is 0 Å². The summed E-state index contributed by atoms with van der Waals surface area (Å²) in [5, 5.41) is 4.93. The number of anilines is 3. The fraction of sp³-hybridized carbons (Fsp3) is 0. The van der Waals surface area contributed by atoms with E-state index in [4.69, 9.17) is 14.0 Å². The fourth-order valence-corrected chi connectivity index (χ4v) is 7.78. The molecule has 2 heteroatoms. The van der Waals surface area contributed by atoms with E-state index < -0.39 is 72.0 Å². The van der Waals surface area contributed by atoms with Gasteiger partial charge in [0.2, 0.25) is 0 Å². The van der Waals surface area contributed by atoms with Crippen molar-refractivity contribution in [1.29, 1.82) is 0 Å². The number of hydrogen-bond acceptors (Lipinski definition) is 2. The van der Waals surface area contributed by atoms with Crippen molar-refractivity contribution in [3.63, 3.8) is 0 Å². The van der Waals surface area contributed by atoms with Gasteiger partial charge in [0.25, 0.3) is 0 Å². The first kappa shape index (κ1) is 22.7. The third kappa shape index (κ3) is 5.34. The zero-order valence-corrected chi connectivity index (χ0v) is 29.7. The van der Waals surface area contributed by atoms with Crippen molar-refractivity contribution in [1.82, 2.24) is 0 Å². The van der Waals surface area contributed by atoms with Crippen LogP contribution in [0.3, 0.4) is 0 Å². The quantitative estimate of drug-likeness (QED) is 0.170. The molecule has 0 aliphatic heterocycles. The van der Waals surface area contributed by atoms with Crippen LogP contribution in [-0.4, -0.2) is 0 Å². The van der Waals surface area contributed by atoms with Gasteiger partial charge in [-0.3, -0.25) is 0 Å². The van der Waals surface area contributed by atoms with Gasteiger partial charge in [0.1, 0.15) is 11.2 Å². The van der Waals surface area contributed by atoms with E-state index in [9.17, 15) is 5.48 Å². The zero-order chi connectivity index (χ0) is 46.6. The van der Waals surface area contributed by atoms with Gasteiger partial charge in [0, 0.05) is 22.1 Å². The Bertz CT molecular complexity index is 3840. The Kier molecular flexibility index (Phi) is 5.34. The van der Waals surface area contributed by atoms with E-state index in [0.717, 1.165) is 49.2 Å². The molecule has 0 unspecified atom stereocenters. The number of fused-ring (bicyclic) bond motifs is 7. The summed E-state index contributed by atoms with van der Waals surface area (Å²) in [4.78, 5) is 1.67. The van der Waals surface area contributed by atoms with E-state index in [0.29, 0.717) is 27.9 Å². The van der Waals surface area contributed by atoms with E-state index in [1.54, 1.807) is 11.0 Å². The van der Waals surface area contributed by atoms with Crippen LogP contribution in [0.4, 0.5) is 17.1 Å². The monoisotopic (exact) mass is 724 g/mol. The minimum atomic E-state index is -0.676. The van der Waals surface area contributed by atoms with E-state index in [1.165, 1.54) is 0 Å². The number of furan rings is 1. The highest BCUT2D eigenvalue weighted by atomic mass is 16.3. The summed E-state index contributed by atoms with van der Waals surface area (Å²) in [5.74, 6) is 0. The molecule has 0 aliphatic carbocycles. The highest BCUT2D eigenvalue weighted by Gasteiger charge is 2.21. The molecule has 0 spiro atoms. The topological polar surface area (TPSA) is 16.4 Å². The Labute approximate surface area is 340 Å². The molecule has 0 radical (unpaired) electrons. The minimum absolute atomic E-state index is 0.130. The molecule has 0 bridgehead atoms. The summed E-state index contributed by atoms with van der Waals surface area (Å²) in [5.41, 5.74) is 5.28. The fourth-order valence-electron chi connectivity index (χ4n) is 7.78. The van der Waals surface area contributed by atoms with Crippen molar-refractivity contribution >= 4 is 71.3 Å². The Morgan fingerprint density at radius 3 is 1.86 bits per heavy atom. The van der Waals surface area contributed by atoms with Crippen LogP contribution in [0.2, 0.25) is 0 Å². The third-order valence-corrected chi connectivity index (χ3v) is 10.4. The summed E-state index contributed by atoms with van der Waals surface area (Å²) in [6, 6.07) is 41.1. The number of benzene rings is 10. The van der Waals surface area contributed by atoms with Gasteiger partial charge in [0.05, 0.1) is 26.2 Å². The second-order valence-corrected chi connectivity index (χ2v) is 13.6. The molecule has 0 saturated heterocycles. The molecule has 1 aromatic heterocycles. The van der Waals surface area contributed by atoms with Gasteiger partial charge in [0.15, 0.2) is 0 Å². The van der Waals surface area contributed by atoms with Crippen molar-refractivity contribution in [3.8, 4) is 33.4 Å². The molecule has 0 fully saturated rings. The van der Waals surface area contributed by atoms with Gasteiger partial charge < -0.3 is 9.32 Å². The smallest absolute Gasteiger partial charge is 0.143 e. The van der Waals surface area contributed by atoms with Gasteiger partial charge in [-0.2, -0.15) is 0 Å². The van der Waals surface area contributed by atoms with E-state index in [2.05, 4.69) is 54.6 Å². The maximum atomic E-state index is 9.71. The zero-order valence-electron chi connectivity index (χ0n) is 40.7. The Balaban J connectivity index is 1.12. The van der Waals surface area contributed by atoms with Crippen LogP contribution >= 0.6 is 0 Å². The maximum Gasteiger partial charge on any atom is 0.143 e. The van der Waals surface area contributed by atoms with Gasteiger partial charge in [-0.1, -0.05) is 170 Å². The van der Waals surface area contributed by atoms with Crippen molar-refractivity contribution in [2.24, 2.45) is 0 Å². The Morgan fingerprint density at radius 2 is 1.04 bits per heavy atom. The molecule has 0 atom stereocenters. The van der Waals surface area contributed by atoms with Crippen LogP contribution in [0, 0.1) is 0 Å². The molecule has 0 saturated carbocycles. The lowest BCUT2D eigenvalue weighted by Gasteiger charge is -2.26. The first-order chi connectivity index (χ1) is 32.3. The van der Waals surface area contributed by atoms with Gasteiger partial charge in [-0.25, -0.2) is 0 Å². The summed E-state index contributed by atoms with van der Waals surface area (Å²) < 4.78 is 106. The highest BCUT2D eigenvalue weighted by Crippen LogP contribution is 2.45. The molecule has 11 rings (SSSR count). The highest BCUT2D eigenvalue weighted by molar-refractivity contribution is 6.19. The summed E-state index contributed by atoms with van der Waals surface area (Å²) in [7, 11) is 0. The van der Waals surface area contributed by atoms with Crippen molar-refractivity contribution < 1.29 is 19.5 Å². The average Bonchev–Trinajstić information content (AvgIpc) is 3.75. The lowest BCUT2D eigenvalue weighted by molar-refractivity contribution is 0.672. The first-order valence-electron chi connectivity index (χ1n) is 23.8. The van der Waals surface area contributed by atoms with E-state index in [1.807, 2.05) is 84.9 Å². The largest absolute Gasteiger partial charge is 0.455 e.